The molecule has 0 bridgehead atoms. The Kier molecular flexibility index (Phi) is 2.85. The molecule has 0 aliphatic carbocycles. The van der Waals surface area contributed by atoms with Gasteiger partial charge in [-0.1, -0.05) is 24.3 Å². The number of pyridine rings is 1. The monoisotopic (exact) mass is 236 g/mol. The van der Waals surface area contributed by atoms with Crippen LogP contribution >= 0.6 is 0 Å². The lowest BCUT2D eigenvalue weighted by molar-refractivity contribution is 0.899. The zero-order valence-corrected chi connectivity index (χ0v) is 10.5. The number of fused-ring (bicyclic) bond motifs is 1. The van der Waals surface area contributed by atoms with Gasteiger partial charge in [-0.2, -0.15) is 0 Å². The molecule has 2 aromatic heterocycles. The lowest BCUT2D eigenvalue weighted by Crippen LogP contribution is -1.92. The van der Waals surface area contributed by atoms with Crippen LogP contribution in [-0.2, 0) is 19.9 Å². The van der Waals surface area contributed by atoms with E-state index in [4.69, 9.17) is 0 Å². The minimum absolute atomic E-state index is 0.995. The number of nitrogens with zero attached hydrogens (tertiary/aromatic N) is 2. The van der Waals surface area contributed by atoms with E-state index in [1.165, 1.54) is 16.5 Å². The van der Waals surface area contributed by atoms with E-state index in [1.54, 1.807) is 0 Å². The number of para-hydroxylation sites is 1. The van der Waals surface area contributed by atoms with Crippen molar-refractivity contribution in [3.8, 4) is 0 Å². The molecule has 0 saturated carbocycles. The maximum Gasteiger partial charge on any atom is 0.0480 e. The molecule has 3 aromatic rings. The first-order valence-corrected chi connectivity index (χ1v) is 6.27. The van der Waals surface area contributed by atoms with Crippen molar-refractivity contribution in [2.75, 3.05) is 0 Å². The molecule has 0 unspecified atom stereocenters. The second kappa shape index (κ2) is 4.65. The highest BCUT2D eigenvalue weighted by atomic mass is 14.9. The Morgan fingerprint density at radius 3 is 2.67 bits per heavy atom. The van der Waals surface area contributed by atoms with E-state index >= 15 is 0 Å². The van der Waals surface area contributed by atoms with Gasteiger partial charge in [-0.15, -0.1) is 0 Å². The molecule has 18 heavy (non-hydrogen) atoms. The smallest absolute Gasteiger partial charge is 0.0480 e. The number of rotatable bonds is 3. The SMILES string of the molecule is Cn1cc(CCc2ccccn2)c2ccccc21. The molecule has 0 radical (unpaired) electrons. The Morgan fingerprint density at radius 2 is 1.83 bits per heavy atom. The number of aryl methyl sites for hydroxylation is 3. The van der Waals surface area contributed by atoms with Crippen LogP contribution < -0.4 is 0 Å². The fourth-order valence-corrected chi connectivity index (χ4v) is 2.43. The van der Waals surface area contributed by atoms with E-state index in [1.807, 2.05) is 18.3 Å². The Balaban J connectivity index is 1.87. The summed E-state index contributed by atoms with van der Waals surface area (Å²) in [7, 11) is 2.10. The van der Waals surface area contributed by atoms with Crippen LogP contribution in [0.15, 0.2) is 54.9 Å². The average Bonchev–Trinajstić information content (AvgIpc) is 2.75. The highest BCUT2D eigenvalue weighted by Gasteiger charge is 2.05. The molecular formula is C16H16N2. The molecule has 0 amide bonds. The van der Waals surface area contributed by atoms with Gasteiger partial charge in [-0.3, -0.25) is 4.98 Å². The second-order valence-corrected chi connectivity index (χ2v) is 4.60. The van der Waals surface area contributed by atoms with Gasteiger partial charge in [0.1, 0.15) is 0 Å². The van der Waals surface area contributed by atoms with Crippen LogP contribution in [0.3, 0.4) is 0 Å². The van der Waals surface area contributed by atoms with E-state index in [9.17, 15) is 0 Å². The molecule has 90 valence electrons. The summed E-state index contributed by atoms with van der Waals surface area (Å²) >= 11 is 0. The Bertz CT molecular complexity index is 653. The van der Waals surface area contributed by atoms with Crippen LogP contribution in [0.2, 0.25) is 0 Å². The van der Waals surface area contributed by atoms with E-state index in [2.05, 4.69) is 53.1 Å². The molecule has 2 heteroatoms. The second-order valence-electron chi connectivity index (χ2n) is 4.60. The van der Waals surface area contributed by atoms with Crippen molar-refractivity contribution in [3.63, 3.8) is 0 Å². The Morgan fingerprint density at radius 1 is 1.00 bits per heavy atom. The molecule has 2 heterocycles. The third-order valence-corrected chi connectivity index (χ3v) is 3.36. The summed E-state index contributed by atoms with van der Waals surface area (Å²) in [5, 5.41) is 1.36. The van der Waals surface area contributed by atoms with Crippen LogP contribution in [0.4, 0.5) is 0 Å². The quantitative estimate of drug-likeness (QED) is 0.682. The maximum atomic E-state index is 4.37. The molecule has 0 fully saturated rings. The Labute approximate surface area is 107 Å². The van der Waals surface area contributed by atoms with Crippen LogP contribution in [-0.4, -0.2) is 9.55 Å². The molecule has 0 aliphatic rings. The lowest BCUT2D eigenvalue weighted by atomic mass is 10.1. The van der Waals surface area contributed by atoms with Crippen molar-refractivity contribution in [1.29, 1.82) is 0 Å². The van der Waals surface area contributed by atoms with Crippen molar-refractivity contribution in [1.82, 2.24) is 9.55 Å². The molecule has 1 aromatic carbocycles. The van der Waals surface area contributed by atoms with Crippen LogP contribution in [0.25, 0.3) is 10.9 Å². The standard InChI is InChI=1S/C16H16N2/c1-18-12-13(15-7-2-3-8-16(15)18)9-10-14-6-4-5-11-17-14/h2-8,11-12H,9-10H2,1H3. The van der Waals surface area contributed by atoms with Gasteiger partial charge in [-0.25, -0.2) is 0 Å². The van der Waals surface area contributed by atoms with E-state index < -0.39 is 0 Å². The average molecular weight is 236 g/mol. The normalized spacial score (nSPS) is 10.9. The summed E-state index contributed by atoms with van der Waals surface area (Å²) < 4.78 is 2.20. The topological polar surface area (TPSA) is 17.8 Å². The van der Waals surface area contributed by atoms with Gasteiger partial charge in [0.15, 0.2) is 0 Å². The third-order valence-electron chi connectivity index (χ3n) is 3.36. The highest BCUT2D eigenvalue weighted by Crippen LogP contribution is 2.21. The van der Waals surface area contributed by atoms with Crippen LogP contribution in [0, 0.1) is 0 Å². The van der Waals surface area contributed by atoms with Crippen LogP contribution in [0.1, 0.15) is 11.3 Å². The van der Waals surface area contributed by atoms with E-state index in [-0.39, 0.29) is 0 Å². The first-order chi connectivity index (χ1) is 8.84. The van der Waals surface area contributed by atoms with E-state index in [0.717, 1.165) is 18.5 Å². The lowest BCUT2D eigenvalue weighted by Gasteiger charge is -1.99. The molecule has 0 aliphatic heterocycles. The zero-order chi connectivity index (χ0) is 12.4. The predicted octanol–water partition coefficient (Wildman–Crippen LogP) is 3.36. The summed E-state index contributed by atoms with van der Waals surface area (Å²) in [4.78, 5) is 4.37. The first-order valence-electron chi connectivity index (χ1n) is 6.27. The molecule has 0 saturated heterocycles. The molecule has 2 nitrogen and oxygen atoms in total. The molecule has 0 spiro atoms. The molecular weight excluding hydrogens is 220 g/mol. The molecule has 3 rings (SSSR count). The van der Waals surface area contributed by atoms with Gasteiger partial charge in [0.05, 0.1) is 0 Å². The fourth-order valence-electron chi connectivity index (χ4n) is 2.43. The zero-order valence-electron chi connectivity index (χ0n) is 10.5. The van der Waals surface area contributed by atoms with Crippen molar-refractivity contribution in [2.24, 2.45) is 7.05 Å². The predicted molar refractivity (Wildman–Crippen MR) is 74.6 cm³/mol. The van der Waals surface area contributed by atoms with Gasteiger partial charge < -0.3 is 4.57 Å². The van der Waals surface area contributed by atoms with Crippen molar-refractivity contribution >= 4 is 10.9 Å². The Hall–Kier alpha value is -2.09. The first kappa shape index (κ1) is 11.0. The fraction of sp³-hybridized carbons (Fsp3) is 0.188. The summed E-state index contributed by atoms with van der Waals surface area (Å²) in [6.07, 6.45) is 6.12. The summed E-state index contributed by atoms with van der Waals surface area (Å²) in [6.45, 7) is 0. The molecule has 0 atom stereocenters. The third kappa shape index (κ3) is 2.02. The number of benzene rings is 1. The van der Waals surface area contributed by atoms with E-state index in [0.29, 0.717) is 0 Å². The van der Waals surface area contributed by atoms with Gasteiger partial charge >= 0.3 is 0 Å². The van der Waals surface area contributed by atoms with Gasteiger partial charge in [0.25, 0.3) is 0 Å². The minimum Gasteiger partial charge on any atom is -0.350 e. The van der Waals surface area contributed by atoms with Crippen molar-refractivity contribution < 1.29 is 0 Å². The maximum absolute atomic E-state index is 4.37. The number of hydrogen-bond donors (Lipinski definition) is 0. The summed E-state index contributed by atoms with van der Waals surface area (Å²) in [5.74, 6) is 0. The largest absolute Gasteiger partial charge is 0.350 e. The number of aromatic nitrogens is 2. The highest BCUT2D eigenvalue weighted by molar-refractivity contribution is 5.83. The number of hydrogen-bond acceptors (Lipinski definition) is 1. The van der Waals surface area contributed by atoms with Crippen molar-refractivity contribution in [2.45, 2.75) is 12.8 Å². The van der Waals surface area contributed by atoms with Crippen molar-refractivity contribution in [3.05, 3.63) is 66.1 Å². The van der Waals surface area contributed by atoms with Gasteiger partial charge in [0, 0.05) is 36.0 Å². The minimum atomic E-state index is 0.995. The van der Waals surface area contributed by atoms with Crippen LogP contribution in [0.5, 0.6) is 0 Å². The molecule has 0 N–H and O–H groups in total. The summed E-state index contributed by atoms with van der Waals surface area (Å²) in [5.41, 5.74) is 3.86. The summed E-state index contributed by atoms with van der Waals surface area (Å²) in [6, 6.07) is 14.7. The van der Waals surface area contributed by atoms with Gasteiger partial charge in [0.2, 0.25) is 0 Å². The van der Waals surface area contributed by atoms with Gasteiger partial charge in [-0.05, 0) is 36.6 Å².